The number of carbonyl (C=O) groups excluding carboxylic acids is 5. The van der Waals surface area contributed by atoms with Crippen molar-refractivity contribution >= 4 is 29.7 Å². The van der Waals surface area contributed by atoms with Crippen LogP contribution in [0.3, 0.4) is 0 Å². The number of rotatable bonds is 7. The van der Waals surface area contributed by atoms with Crippen LogP contribution in [0.4, 0.5) is 4.79 Å². The lowest BCUT2D eigenvalue weighted by atomic mass is 10.1. The van der Waals surface area contributed by atoms with Gasteiger partial charge in [0.2, 0.25) is 0 Å². The molecule has 0 saturated heterocycles. The first-order chi connectivity index (χ1) is 12.9. The van der Waals surface area contributed by atoms with Crippen LogP contribution in [0.25, 0.3) is 0 Å². The van der Waals surface area contributed by atoms with Gasteiger partial charge in [-0.2, -0.15) is 0 Å². The predicted octanol–water partition coefficient (Wildman–Crippen LogP) is -0.0685. The molecule has 0 aliphatic carbocycles. The first-order valence-electron chi connectivity index (χ1n) is 8.07. The highest BCUT2D eigenvalue weighted by Crippen LogP contribution is 2.24. The van der Waals surface area contributed by atoms with E-state index in [9.17, 15) is 24.0 Å². The Balaban J connectivity index is 2.03. The van der Waals surface area contributed by atoms with Crippen LogP contribution in [0, 0.1) is 0 Å². The van der Waals surface area contributed by atoms with Crippen molar-refractivity contribution in [1.29, 1.82) is 0 Å². The Morgan fingerprint density at radius 1 is 1.11 bits per heavy atom. The lowest BCUT2D eigenvalue weighted by Crippen LogP contribution is -2.39. The second-order valence-electron chi connectivity index (χ2n) is 5.57. The third kappa shape index (κ3) is 4.67. The molecule has 0 aromatic heterocycles. The quantitative estimate of drug-likeness (QED) is 0.386. The molecule has 0 atom stereocenters. The molecule has 2 rings (SSSR count). The summed E-state index contributed by atoms with van der Waals surface area (Å²) >= 11 is 0. The van der Waals surface area contributed by atoms with Crippen molar-refractivity contribution < 1.29 is 33.4 Å². The van der Waals surface area contributed by atoms with Crippen LogP contribution in [0.5, 0.6) is 0 Å². The number of carbonyl (C=O) groups is 5. The highest BCUT2D eigenvalue weighted by atomic mass is 16.5. The standard InChI is InChI=1S/C17H19N3O7/c1-18-17(25)19-13(21)9-27-16(24)10-4-5-11-12(8-10)15(23)20(14(11)22)6-3-7-26-2/h4-5,8H,3,6-7,9H2,1-2H3,(H2,18,19,21,25). The Kier molecular flexibility index (Phi) is 6.61. The summed E-state index contributed by atoms with van der Waals surface area (Å²) < 4.78 is 9.72. The van der Waals surface area contributed by atoms with Crippen molar-refractivity contribution in [3.05, 3.63) is 34.9 Å². The van der Waals surface area contributed by atoms with Gasteiger partial charge in [0.25, 0.3) is 17.7 Å². The number of imide groups is 2. The molecule has 0 unspecified atom stereocenters. The monoisotopic (exact) mass is 377 g/mol. The maximum absolute atomic E-state index is 12.4. The smallest absolute Gasteiger partial charge is 0.338 e. The average molecular weight is 377 g/mol. The molecule has 0 radical (unpaired) electrons. The number of ether oxygens (including phenoxy) is 2. The maximum Gasteiger partial charge on any atom is 0.338 e. The SMILES string of the molecule is CNC(=O)NC(=O)COC(=O)c1ccc2c(c1)C(=O)N(CCCOC)C2=O. The van der Waals surface area contributed by atoms with E-state index in [4.69, 9.17) is 9.47 Å². The van der Waals surface area contributed by atoms with Crippen LogP contribution >= 0.6 is 0 Å². The molecule has 10 heteroatoms. The van der Waals surface area contributed by atoms with Gasteiger partial charge in [0.1, 0.15) is 0 Å². The number of nitrogens with zero attached hydrogens (tertiary/aromatic N) is 1. The predicted molar refractivity (Wildman–Crippen MR) is 91.2 cm³/mol. The summed E-state index contributed by atoms with van der Waals surface area (Å²) in [5.74, 6) is -2.60. The van der Waals surface area contributed by atoms with Gasteiger partial charge >= 0.3 is 12.0 Å². The Bertz CT molecular complexity index is 791. The van der Waals surface area contributed by atoms with Gasteiger partial charge in [0, 0.05) is 27.3 Å². The van der Waals surface area contributed by atoms with Crippen LogP contribution in [0.1, 0.15) is 37.5 Å². The van der Waals surface area contributed by atoms with Crippen molar-refractivity contribution in [3.63, 3.8) is 0 Å². The second-order valence-corrected chi connectivity index (χ2v) is 5.57. The van der Waals surface area contributed by atoms with Crippen molar-refractivity contribution in [1.82, 2.24) is 15.5 Å². The van der Waals surface area contributed by atoms with E-state index in [1.165, 1.54) is 32.4 Å². The molecular formula is C17H19N3O7. The zero-order valence-electron chi connectivity index (χ0n) is 14.9. The van der Waals surface area contributed by atoms with Crippen LogP contribution in [0.2, 0.25) is 0 Å². The number of methoxy groups -OCH3 is 1. The number of nitrogens with one attached hydrogen (secondary N) is 2. The summed E-state index contributed by atoms with van der Waals surface area (Å²) in [5, 5.41) is 4.12. The van der Waals surface area contributed by atoms with E-state index in [2.05, 4.69) is 5.32 Å². The van der Waals surface area contributed by atoms with Gasteiger partial charge in [-0.1, -0.05) is 0 Å². The van der Waals surface area contributed by atoms with E-state index in [1.807, 2.05) is 5.32 Å². The van der Waals surface area contributed by atoms with Crippen molar-refractivity contribution in [3.8, 4) is 0 Å². The lowest BCUT2D eigenvalue weighted by molar-refractivity contribution is -0.123. The Hall–Kier alpha value is -3.27. The van der Waals surface area contributed by atoms with E-state index in [0.29, 0.717) is 13.0 Å². The largest absolute Gasteiger partial charge is 0.452 e. The third-order valence-electron chi connectivity index (χ3n) is 3.75. The molecule has 1 aromatic rings. The average Bonchev–Trinajstić information content (AvgIpc) is 2.90. The molecule has 5 amide bonds. The van der Waals surface area contributed by atoms with Crippen molar-refractivity contribution in [2.45, 2.75) is 6.42 Å². The van der Waals surface area contributed by atoms with E-state index in [0.717, 1.165) is 4.90 Å². The molecule has 1 aliphatic rings. The van der Waals surface area contributed by atoms with Gasteiger partial charge in [-0.15, -0.1) is 0 Å². The maximum atomic E-state index is 12.4. The molecule has 27 heavy (non-hydrogen) atoms. The number of urea groups is 1. The van der Waals surface area contributed by atoms with Gasteiger partial charge in [-0.3, -0.25) is 24.6 Å². The molecule has 1 aliphatic heterocycles. The molecule has 1 aromatic carbocycles. The van der Waals surface area contributed by atoms with Crippen LogP contribution in [0.15, 0.2) is 18.2 Å². The van der Waals surface area contributed by atoms with Crippen molar-refractivity contribution in [2.24, 2.45) is 0 Å². The van der Waals surface area contributed by atoms with Crippen molar-refractivity contribution in [2.75, 3.05) is 33.9 Å². The fourth-order valence-electron chi connectivity index (χ4n) is 2.43. The molecule has 0 fully saturated rings. The third-order valence-corrected chi connectivity index (χ3v) is 3.75. The first kappa shape index (κ1) is 20.0. The number of benzene rings is 1. The van der Waals surface area contributed by atoms with Gasteiger partial charge in [0.15, 0.2) is 6.61 Å². The van der Waals surface area contributed by atoms with Gasteiger partial charge < -0.3 is 14.8 Å². The summed E-state index contributed by atoms with van der Waals surface area (Å²) in [4.78, 5) is 60.3. The zero-order chi connectivity index (χ0) is 20.0. The summed E-state index contributed by atoms with van der Waals surface area (Å²) in [6.45, 7) is -0.0535. The molecule has 144 valence electrons. The van der Waals surface area contributed by atoms with E-state index >= 15 is 0 Å². The molecule has 0 spiro atoms. The minimum Gasteiger partial charge on any atom is -0.452 e. The summed E-state index contributed by atoms with van der Waals surface area (Å²) in [7, 11) is 2.85. The number of hydrogen-bond acceptors (Lipinski definition) is 7. The van der Waals surface area contributed by atoms with Gasteiger partial charge in [-0.05, 0) is 24.6 Å². The minimum absolute atomic E-state index is 0.0152. The Morgan fingerprint density at radius 2 is 1.81 bits per heavy atom. The first-order valence-corrected chi connectivity index (χ1v) is 8.07. The molecule has 0 bridgehead atoms. The van der Waals surface area contributed by atoms with E-state index in [1.54, 1.807) is 0 Å². The molecule has 2 N–H and O–H groups in total. The highest BCUT2D eigenvalue weighted by Gasteiger charge is 2.35. The van der Waals surface area contributed by atoms with E-state index in [-0.39, 0.29) is 23.2 Å². The number of esters is 1. The molecule has 1 heterocycles. The topological polar surface area (TPSA) is 131 Å². The second kappa shape index (κ2) is 8.90. The number of fused-ring (bicyclic) bond motifs is 1. The summed E-state index contributed by atoms with van der Waals surface area (Å²) in [6.07, 6.45) is 0.497. The number of amides is 5. The zero-order valence-corrected chi connectivity index (χ0v) is 14.9. The summed E-state index contributed by atoms with van der Waals surface area (Å²) in [5.41, 5.74) is 0.314. The fourth-order valence-corrected chi connectivity index (χ4v) is 2.43. The van der Waals surface area contributed by atoms with Crippen LogP contribution in [-0.2, 0) is 14.3 Å². The fraction of sp³-hybridized carbons (Fsp3) is 0.353. The van der Waals surface area contributed by atoms with Crippen LogP contribution in [-0.4, -0.2) is 68.5 Å². The number of hydrogen-bond donors (Lipinski definition) is 2. The Labute approximate surface area is 154 Å². The lowest BCUT2D eigenvalue weighted by Gasteiger charge is -2.12. The van der Waals surface area contributed by atoms with Gasteiger partial charge in [-0.25, -0.2) is 9.59 Å². The summed E-state index contributed by atoms with van der Waals surface area (Å²) in [6, 6.07) is 3.23. The highest BCUT2D eigenvalue weighted by molar-refractivity contribution is 6.22. The molecular weight excluding hydrogens is 358 g/mol. The van der Waals surface area contributed by atoms with Crippen LogP contribution < -0.4 is 10.6 Å². The normalized spacial score (nSPS) is 12.6. The van der Waals surface area contributed by atoms with Gasteiger partial charge in [0.05, 0.1) is 16.7 Å². The molecule has 0 saturated carbocycles. The molecule has 10 nitrogen and oxygen atoms in total. The van der Waals surface area contributed by atoms with E-state index < -0.39 is 36.3 Å². The minimum atomic E-state index is -0.858. The Morgan fingerprint density at radius 3 is 2.48 bits per heavy atom.